The van der Waals surface area contributed by atoms with Crippen molar-refractivity contribution in [2.45, 2.75) is 6.42 Å². The molecular weight excluding hydrogens is 289 g/mol. The van der Waals surface area contributed by atoms with Crippen molar-refractivity contribution in [1.29, 1.82) is 0 Å². The fourth-order valence-corrected chi connectivity index (χ4v) is 2.53. The second-order valence-electron chi connectivity index (χ2n) is 4.76. The van der Waals surface area contributed by atoms with Crippen molar-refractivity contribution >= 4 is 28.3 Å². The van der Waals surface area contributed by atoms with Crippen molar-refractivity contribution in [3.63, 3.8) is 0 Å². The molecule has 2 N–H and O–H groups in total. The van der Waals surface area contributed by atoms with Gasteiger partial charge in [0, 0.05) is 34.3 Å². The first kappa shape index (κ1) is 13.8. The summed E-state index contributed by atoms with van der Waals surface area (Å²) in [6, 6.07) is 4.11. The smallest absolute Gasteiger partial charge is 0.268 e. The fraction of sp³-hybridized carbons (Fsp3) is 0.143. The van der Waals surface area contributed by atoms with Gasteiger partial charge >= 0.3 is 0 Å². The predicted octanol–water partition coefficient (Wildman–Crippen LogP) is 2.66. The van der Waals surface area contributed by atoms with Gasteiger partial charge in [0.25, 0.3) is 5.91 Å². The van der Waals surface area contributed by atoms with Crippen molar-refractivity contribution in [3.05, 3.63) is 51.8 Å². The van der Waals surface area contributed by atoms with E-state index >= 15 is 0 Å². The maximum absolute atomic E-state index is 13.5. The van der Waals surface area contributed by atoms with Crippen LogP contribution in [0.1, 0.15) is 22.5 Å². The summed E-state index contributed by atoms with van der Waals surface area (Å²) < 4.78 is 13.5. The summed E-state index contributed by atoms with van der Waals surface area (Å²) in [5.41, 5.74) is 10.2. The topological polar surface area (TPSA) is 111 Å². The number of benzene rings is 1. The zero-order valence-electron chi connectivity index (χ0n) is 11.3. The number of carbonyl (C=O) groups is 2. The number of fused-ring (bicyclic) bond motifs is 3. The Morgan fingerprint density at radius 3 is 3.05 bits per heavy atom. The summed E-state index contributed by atoms with van der Waals surface area (Å²) in [6.07, 6.45) is 1.50. The minimum Gasteiger partial charge on any atom is -0.350 e. The molecule has 110 valence electrons. The number of amides is 2. The van der Waals surface area contributed by atoms with E-state index in [1.807, 2.05) is 0 Å². The average Bonchev–Trinajstić information content (AvgIpc) is 2.77. The van der Waals surface area contributed by atoms with Gasteiger partial charge in [-0.05, 0) is 34.4 Å². The standard InChI is InChI=1S/C14H10FN5O2/c15-8-1-2-10-9(6-8)12-7(5-11(21)19-20-16)3-4-17-14(22)13(12)18-10/h1-3,6,18H,4-5H2,(H,17,22). The first-order valence-corrected chi connectivity index (χ1v) is 6.47. The zero-order valence-corrected chi connectivity index (χ0v) is 11.3. The van der Waals surface area contributed by atoms with Crippen LogP contribution < -0.4 is 5.32 Å². The third-order valence-corrected chi connectivity index (χ3v) is 3.42. The monoisotopic (exact) mass is 299 g/mol. The first-order valence-electron chi connectivity index (χ1n) is 6.47. The van der Waals surface area contributed by atoms with Crippen molar-refractivity contribution < 1.29 is 14.0 Å². The van der Waals surface area contributed by atoms with Crippen LogP contribution in [0.15, 0.2) is 29.4 Å². The molecule has 0 aliphatic carbocycles. The number of H-pyrrole nitrogens is 1. The van der Waals surface area contributed by atoms with Gasteiger partial charge < -0.3 is 10.3 Å². The van der Waals surface area contributed by atoms with Gasteiger partial charge in [0.1, 0.15) is 11.5 Å². The number of aromatic amines is 1. The lowest BCUT2D eigenvalue weighted by Crippen LogP contribution is -2.22. The van der Waals surface area contributed by atoms with E-state index in [1.54, 1.807) is 6.08 Å². The Balaban J connectivity index is 2.20. The molecule has 0 fully saturated rings. The Kier molecular flexibility index (Phi) is 3.36. The Bertz CT molecular complexity index is 877. The highest BCUT2D eigenvalue weighted by Gasteiger charge is 2.24. The van der Waals surface area contributed by atoms with Gasteiger partial charge in [-0.1, -0.05) is 6.08 Å². The number of nitrogens with zero attached hydrogens (tertiary/aromatic N) is 3. The largest absolute Gasteiger partial charge is 0.350 e. The van der Waals surface area contributed by atoms with Gasteiger partial charge in [-0.25, -0.2) is 4.39 Å². The molecule has 0 atom stereocenters. The molecule has 0 spiro atoms. The van der Waals surface area contributed by atoms with Crippen LogP contribution in [-0.2, 0) is 4.79 Å². The van der Waals surface area contributed by atoms with Gasteiger partial charge in [0.2, 0.25) is 5.91 Å². The molecular formula is C14H10FN5O2. The van der Waals surface area contributed by atoms with E-state index in [4.69, 9.17) is 5.53 Å². The number of hydrogen-bond donors (Lipinski definition) is 2. The lowest BCUT2D eigenvalue weighted by molar-refractivity contribution is -0.116. The van der Waals surface area contributed by atoms with Gasteiger partial charge in [0.15, 0.2) is 0 Å². The van der Waals surface area contributed by atoms with E-state index in [1.165, 1.54) is 18.2 Å². The molecule has 0 unspecified atom stereocenters. The molecule has 0 bridgehead atoms. The fourth-order valence-electron chi connectivity index (χ4n) is 2.53. The van der Waals surface area contributed by atoms with Gasteiger partial charge in [-0.15, -0.1) is 0 Å². The molecule has 7 nitrogen and oxygen atoms in total. The average molecular weight is 299 g/mol. The summed E-state index contributed by atoms with van der Waals surface area (Å²) in [4.78, 5) is 29.1. The summed E-state index contributed by atoms with van der Waals surface area (Å²) >= 11 is 0. The molecule has 2 amide bonds. The Hall–Kier alpha value is -3.12. The van der Waals surface area contributed by atoms with Gasteiger partial charge in [0.05, 0.1) is 0 Å². The van der Waals surface area contributed by atoms with E-state index in [-0.39, 0.29) is 24.6 Å². The van der Waals surface area contributed by atoms with E-state index in [0.29, 0.717) is 22.0 Å². The molecule has 8 heteroatoms. The molecule has 1 aliphatic rings. The molecule has 3 rings (SSSR count). The lowest BCUT2D eigenvalue weighted by atomic mass is 9.99. The summed E-state index contributed by atoms with van der Waals surface area (Å²) in [5, 5.41) is 6.20. The van der Waals surface area contributed by atoms with E-state index < -0.39 is 11.7 Å². The maximum atomic E-state index is 13.5. The highest BCUT2D eigenvalue weighted by atomic mass is 19.1. The number of aromatic nitrogens is 1. The van der Waals surface area contributed by atoms with Crippen molar-refractivity contribution in [2.75, 3.05) is 6.54 Å². The number of nitrogens with one attached hydrogen (secondary N) is 2. The lowest BCUT2D eigenvalue weighted by Gasteiger charge is -2.04. The molecule has 1 aromatic carbocycles. The Morgan fingerprint density at radius 2 is 2.27 bits per heavy atom. The third kappa shape index (κ3) is 2.32. The van der Waals surface area contributed by atoms with Gasteiger partial charge in [-0.2, -0.15) is 0 Å². The molecule has 22 heavy (non-hydrogen) atoms. The predicted molar refractivity (Wildman–Crippen MR) is 77.3 cm³/mol. The highest BCUT2D eigenvalue weighted by molar-refractivity contribution is 6.09. The van der Waals surface area contributed by atoms with E-state index in [0.717, 1.165) is 0 Å². The molecule has 0 radical (unpaired) electrons. The van der Waals surface area contributed by atoms with Crippen molar-refractivity contribution in [3.8, 4) is 0 Å². The van der Waals surface area contributed by atoms with Crippen LogP contribution in [-0.4, -0.2) is 23.3 Å². The zero-order chi connectivity index (χ0) is 15.7. The van der Waals surface area contributed by atoms with Crippen LogP contribution in [0.4, 0.5) is 4.39 Å². The van der Waals surface area contributed by atoms with Crippen molar-refractivity contribution in [2.24, 2.45) is 5.11 Å². The summed E-state index contributed by atoms with van der Waals surface area (Å²) in [7, 11) is 0. The quantitative estimate of drug-likeness (QED) is 0.504. The molecule has 1 aliphatic heterocycles. The van der Waals surface area contributed by atoms with Crippen LogP contribution in [0.25, 0.3) is 26.9 Å². The van der Waals surface area contributed by atoms with Crippen LogP contribution in [0.2, 0.25) is 0 Å². The molecule has 2 heterocycles. The minimum absolute atomic E-state index is 0.157. The molecule has 0 saturated heterocycles. The van der Waals surface area contributed by atoms with Crippen LogP contribution in [0, 0.1) is 5.82 Å². The highest BCUT2D eigenvalue weighted by Crippen LogP contribution is 2.32. The second-order valence-corrected chi connectivity index (χ2v) is 4.76. The second kappa shape index (κ2) is 5.34. The number of azide groups is 1. The van der Waals surface area contributed by atoms with E-state index in [2.05, 4.69) is 20.3 Å². The number of rotatable bonds is 2. The number of hydrogen-bond acceptors (Lipinski definition) is 2. The number of halogens is 1. The van der Waals surface area contributed by atoms with Crippen LogP contribution in [0.5, 0.6) is 0 Å². The van der Waals surface area contributed by atoms with Crippen molar-refractivity contribution in [1.82, 2.24) is 10.3 Å². The SMILES string of the molecule is [N-]=[N+]=NC(=O)CC1=CCNC(=O)c2[nH]c3ccc(F)cc3c21. The summed E-state index contributed by atoms with van der Waals surface area (Å²) in [5.74, 6) is -1.45. The maximum Gasteiger partial charge on any atom is 0.268 e. The minimum atomic E-state index is -0.667. The van der Waals surface area contributed by atoms with Gasteiger partial charge in [-0.3, -0.25) is 9.59 Å². The Morgan fingerprint density at radius 1 is 1.45 bits per heavy atom. The van der Waals surface area contributed by atoms with E-state index in [9.17, 15) is 14.0 Å². The number of carbonyl (C=O) groups excluding carboxylic acids is 2. The third-order valence-electron chi connectivity index (χ3n) is 3.42. The molecule has 1 aromatic heterocycles. The first-order chi connectivity index (χ1) is 10.6. The van der Waals surface area contributed by atoms with Crippen LogP contribution >= 0.6 is 0 Å². The van der Waals surface area contributed by atoms with Crippen LogP contribution in [0.3, 0.4) is 0 Å². The normalized spacial score (nSPS) is 13.7. The summed E-state index contributed by atoms with van der Waals surface area (Å²) in [6.45, 7) is 0.233. The molecule has 0 saturated carbocycles. The Labute approximate surface area is 123 Å². The molecule has 2 aromatic rings.